The third-order valence-electron chi connectivity index (χ3n) is 6.17. The molecular weight excluding hydrogens is 512 g/mol. The Morgan fingerprint density at radius 2 is 1.85 bits per heavy atom. The van der Waals surface area contributed by atoms with Crippen LogP contribution in [0.1, 0.15) is 16.7 Å². The summed E-state index contributed by atoms with van der Waals surface area (Å²) in [5.74, 6) is 1.26. The van der Waals surface area contributed by atoms with Crippen LogP contribution in [-0.4, -0.2) is 15.9 Å². The highest BCUT2D eigenvalue weighted by atomic mass is 35.5. The zero-order chi connectivity index (χ0) is 26.8. The Labute approximate surface area is 227 Å². The molecule has 2 aromatic heterocycles. The molecule has 0 aliphatic carbocycles. The van der Waals surface area contributed by atoms with Crippen molar-refractivity contribution in [3.8, 4) is 23.4 Å². The number of halogens is 1. The maximum absolute atomic E-state index is 13.5. The van der Waals surface area contributed by atoms with E-state index in [9.17, 15) is 10.1 Å². The summed E-state index contributed by atoms with van der Waals surface area (Å²) in [6, 6.07) is 31.0. The summed E-state index contributed by atoms with van der Waals surface area (Å²) < 4.78 is 13.2. The van der Waals surface area contributed by atoms with E-state index in [0.717, 1.165) is 10.9 Å². The van der Waals surface area contributed by atoms with Crippen LogP contribution in [0.15, 0.2) is 111 Å². The summed E-state index contributed by atoms with van der Waals surface area (Å²) in [5, 5.41) is 15.6. The SMILES string of the molecule is N#Cc1ccccc1COc1cccc(C=Nn2c(-c3cc4cc(Cl)ccc4o3)nc3ccccc3c2=O)c1. The molecule has 6 rings (SSSR count). The van der Waals surface area contributed by atoms with Crippen LogP contribution in [0, 0.1) is 11.3 Å². The van der Waals surface area contributed by atoms with Crippen LogP contribution in [0.2, 0.25) is 5.02 Å². The number of benzene rings is 4. The lowest BCUT2D eigenvalue weighted by Gasteiger charge is -2.09. The molecule has 0 fully saturated rings. The molecular formula is C31H19ClN4O3. The molecule has 4 aromatic carbocycles. The predicted octanol–water partition coefficient (Wildman–Crippen LogP) is 6.80. The number of para-hydroxylation sites is 1. The van der Waals surface area contributed by atoms with Crippen LogP contribution in [-0.2, 0) is 6.61 Å². The van der Waals surface area contributed by atoms with E-state index < -0.39 is 0 Å². The number of hydrogen-bond acceptors (Lipinski definition) is 6. The molecule has 6 aromatic rings. The lowest BCUT2D eigenvalue weighted by Crippen LogP contribution is -2.20. The average molecular weight is 531 g/mol. The minimum Gasteiger partial charge on any atom is -0.489 e. The number of fused-ring (bicyclic) bond motifs is 2. The van der Waals surface area contributed by atoms with Crippen molar-refractivity contribution in [3.05, 3.63) is 129 Å². The number of aromatic nitrogens is 2. The smallest absolute Gasteiger partial charge is 0.282 e. The minimum atomic E-state index is -0.328. The van der Waals surface area contributed by atoms with E-state index in [4.69, 9.17) is 25.7 Å². The molecule has 39 heavy (non-hydrogen) atoms. The van der Waals surface area contributed by atoms with E-state index in [1.54, 1.807) is 60.8 Å². The summed E-state index contributed by atoms with van der Waals surface area (Å²) in [7, 11) is 0. The lowest BCUT2D eigenvalue weighted by atomic mass is 10.1. The second-order valence-electron chi connectivity index (χ2n) is 8.74. The van der Waals surface area contributed by atoms with Crippen LogP contribution in [0.25, 0.3) is 33.5 Å². The highest BCUT2D eigenvalue weighted by Gasteiger charge is 2.16. The monoisotopic (exact) mass is 530 g/mol. The van der Waals surface area contributed by atoms with Crippen molar-refractivity contribution in [2.45, 2.75) is 6.61 Å². The fourth-order valence-electron chi connectivity index (χ4n) is 4.24. The number of rotatable bonds is 6. The van der Waals surface area contributed by atoms with E-state index in [-0.39, 0.29) is 18.0 Å². The van der Waals surface area contributed by atoms with E-state index >= 15 is 0 Å². The van der Waals surface area contributed by atoms with Crippen molar-refractivity contribution < 1.29 is 9.15 Å². The highest BCUT2D eigenvalue weighted by molar-refractivity contribution is 6.31. The second kappa shape index (κ2) is 10.3. The van der Waals surface area contributed by atoms with Crippen molar-refractivity contribution in [2.24, 2.45) is 5.10 Å². The molecule has 0 atom stereocenters. The van der Waals surface area contributed by atoms with Crippen molar-refractivity contribution in [1.82, 2.24) is 9.66 Å². The largest absolute Gasteiger partial charge is 0.489 e. The highest BCUT2D eigenvalue weighted by Crippen LogP contribution is 2.29. The molecule has 8 heteroatoms. The van der Waals surface area contributed by atoms with Gasteiger partial charge in [-0.3, -0.25) is 4.79 Å². The molecule has 0 saturated heterocycles. The van der Waals surface area contributed by atoms with Gasteiger partial charge in [-0.1, -0.05) is 54.1 Å². The maximum atomic E-state index is 13.5. The zero-order valence-electron chi connectivity index (χ0n) is 20.4. The Morgan fingerprint density at radius 3 is 2.74 bits per heavy atom. The number of nitriles is 1. The van der Waals surface area contributed by atoms with Crippen molar-refractivity contribution in [3.63, 3.8) is 0 Å². The fraction of sp³-hybridized carbons (Fsp3) is 0.0323. The Kier molecular flexibility index (Phi) is 6.37. The van der Waals surface area contributed by atoms with Crippen LogP contribution >= 0.6 is 11.6 Å². The number of hydrogen-bond donors (Lipinski definition) is 0. The number of ether oxygens (including phenoxy) is 1. The predicted molar refractivity (Wildman–Crippen MR) is 151 cm³/mol. The molecule has 0 aliphatic rings. The number of nitrogens with zero attached hydrogens (tertiary/aromatic N) is 4. The molecule has 0 spiro atoms. The van der Waals surface area contributed by atoms with Crippen LogP contribution in [0.4, 0.5) is 0 Å². The maximum Gasteiger partial charge on any atom is 0.282 e. The van der Waals surface area contributed by atoms with Crippen molar-refractivity contribution in [2.75, 3.05) is 0 Å². The normalized spacial score (nSPS) is 11.3. The zero-order valence-corrected chi connectivity index (χ0v) is 21.2. The Bertz CT molecular complexity index is 1980. The summed E-state index contributed by atoms with van der Waals surface area (Å²) in [6.45, 7) is 0.249. The van der Waals surface area contributed by atoms with Gasteiger partial charge >= 0.3 is 0 Å². The van der Waals surface area contributed by atoms with Gasteiger partial charge in [0.05, 0.1) is 28.8 Å². The van der Waals surface area contributed by atoms with Crippen molar-refractivity contribution in [1.29, 1.82) is 5.26 Å². The first-order chi connectivity index (χ1) is 19.1. The van der Waals surface area contributed by atoms with E-state index in [1.165, 1.54) is 4.68 Å². The third-order valence-corrected chi connectivity index (χ3v) is 6.40. The van der Waals surface area contributed by atoms with Crippen molar-refractivity contribution >= 4 is 39.7 Å². The summed E-state index contributed by atoms with van der Waals surface area (Å²) in [5.41, 5.74) is 2.91. The molecule has 0 amide bonds. The average Bonchev–Trinajstić information content (AvgIpc) is 3.39. The van der Waals surface area contributed by atoms with E-state index in [0.29, 0.717) is 44.1 Å². The molecule has 0 unspecified atom stereocenters. The van der Waals surface area contributed by atoms with Gasteiger partial charge < -0.3 is 9.15 Å². The quantitative estimate of drug-likeness (QED) is 0.221. The first-order valence-corrected chi connectivity index (χ1v) is 12.4. The molecule has 188 valence electrons. The summed E-state index contributed by atoms with van der Waals surface area (Å²) in [4.78, 5) is 18.2. The molecule has 0 saturated carbocycles. The fourth-order valence-corrected chi connectivity index (χ4v) is 4.42. The Morgan fingerprint density at radius 1 is 1.00 bits per heavy atom. The molecule has 0 radical (unpaired) electrons. The summed E-state index contributed by atoms with van der Waals surface area (Å²) >= 11 is 6.15. The van der Waals surface area contributed by atoms with Crippen LogP contribution in [0.5, 0.6) is 5.75 Å². The van der Waals surface area contributed by atoms with Gasteiger partial charge in [-0.15, -0.1) is 0 Å². The topological polar surface area (TPSA) is 93.4 Å². The molecule has 0 N–H and O–H groups in total. The van der Waals surface area contributed by atoms with Gasteiger partial charge in [-0.25, -0.2) is 4.98 Å². The second-order valence-corrected chi connectivity index (χ2v) is 9.17. The van der Waals surface area contributed by atoms with E-state index in [1.807, 2.05) is 42.5 Å². The van der Waals surface area contributed by atoms with Gasteiger partial charge in [-0.05, 0) is 60.2 Å². The van der Waals surface area contributed by atoms with Gasteiger partial charge in [0.2, 0.25) is 5.82 Å². The van der Waals surface area contributed by atoms with Crippen LogP contribution < -0.4 is 10.3 Å². The lowest BCUT2D eigenvalue weighted by molar-refractivity contribution is 0.306. The standard InChI is InChI=1S/C31H19ClN4O3/c32-24-12-13-28-23(15-24)16-29(39-28)30-35-27-11-4-3-10-26(27)31(37)36(30)34-18-20-6-5-9-25(14-20)38-19-22-8-2-1-7-21(22)17-33/h1-16,18H,19H2. The Hall–Kier alpha value is -5.19. The van der Waals surface area contributed by atoms with Gasteiger partial charge in [0.15, 0.2) is 5.76 Å². The van der Waals surface area contributed by atoms with Crippen LogP contribution in [0.3, 0.4) is 0 Å². The summed E-state index contributed by atoms with van der Waals surface area (Å²) in [6.07, 6.45) is 1.57. The molecule has 0 aliphatic heterocycles. The van der Waals surface area contributed by atoms with E-state index in [2.05, 4.69) is 11.2 Å². The van der Waals surface area contributed by atoms with Gasteiger partial charge in [0.25, 0.3) is 5.56 Å². The first kappa shape index (κ1) is 24.2. The first-order valence-electron chi connectivity index (χ1n) is 12.1. The molecule has 7 nitrogen and oxygen atoms in total. The number of furan rings is 1. The third kappa shape index (κ3) is 4.89. The Balaban J connectivity index is 1.37. The van der Waals surface area contributed by atoms with Gasteiger partial charge in [-0.2, -0.15) is 15.0 Å². The molecule has 0 bridgehead atoms. The van der Waals surface area contributed by atoms with Gasteiger partial charge in [0.1, 0.15) is 17.9 Å². The molecule has 2 heterocycles. The van der Waals surface area contributed by atoms with Gasteiger partial charge in [0, 0.05) is 16.0 Å². The minimum absolute atomic E-state index is 0.249.